The predicted octanol–water partition coefficient (Wildman–Crippen LogP) is 0.0232. The van der Waals surface area contributed by atoms with Crippen LogP contribution in [-0.4, -0.2) is 40.8 Å². The van der Waals surface area contributed by atoms with Crippen molar-refractivity contribution in [3.63, 3.8) is 0 Å². The Hall–Kier alpha value is -1.11. The predicted molar refractivity (Wildman–Crippen MR) is 63.0 cm³/mol. The minimum absolute atomic E-state index is 0.0626. The Morgan fingerprint density at radius 3 is 2.31 bits per heavy atom. The van der Waals surface area contributed by atoms with Crippen molar-refractivity contribution in [2.24, 2.45) is 0 Å². The van der Waals surface area contributed by atoms with Crippen molar-refractivity contribution in [3.05, 3.63) is 24.3 Å². The molecule has 0 spiro atoms. The third-order valence-electron chi connectivity index (χ3n) is 2.29. The van der Waals surface area contributed by atoms with E-state index in [9.17, 15) is 8.42 Å². The molecule has 0 saturated heterocycles. The van der Waals surface area contributed by atoms with Crippen LogP contribution in [0.25, 0.3) is 0 Å². The molecule has 6 heteroatoms. The van der Waals surface area contributed by atoms with Gasteiger partial charge in [-0.1, -0.05) is 0 Å². The first-order valence-electron chi connectivity index (χ1n) is 4.87. The highest BCUT2D eigenvalue weighted by Crippen LogP contribution is 2.16. The normalized spacial score (nSPS) is 11.4. The summed E-state index contributed by atoms with van der Waals surface area (Å²) in [5.41, 5.74) is 0.865. The molecule has 16 heavy (non-hydrogen) atoms. The summed E-state index contributed by atoms with van der Waals surface area (Å²) >= 11 is 0. The fourth-order valence-corrected chi connectivity index (χ4v) is 2.01. The van der Waals surface area contributed by atoms with Crippen LogP contribution in [0.2, 0.25) is 0 Å². The van der Waals surface area contributed by atoms with E-state index in [1.54, 1.807) is 12.1 Å². The molecule has 0 amide bonds. The van der Waals surface area contributed by atoms with Gasteiger partial charge in [-0.2, -0.15) is 0 Å². The molecule has 1 aromatic carbocycles. The van der Waals surface area contributed by atoms with Gasteiger partial charge in [0, 0.05) is 19.3 Å². The molecule has 90 valence electrons. The molecule has 0 atom stereocenters. The summed E-state index contributed by atoms with van der Waals surface area (Å²) in [6.07, 6.45) is 0. The number of nitrogens with zero attached hydrogens (tertiary/aromatic N) is 1. The zero-order chi connectivity index (χ0) is 12.2. The van der Waals surface area contributed by atoms with Crippen molar-refractivity contribution in [2.75, 3.05) is 32.1 Å². The lowest BCUT2D eigenvalue weighted by molar-refractivity contribution is 0.304. The van der Waals surface area contributed by atoms with Gasteiger partial charge in [0.05, 0.1) is 11.5 Å². The van der Waals surface area contributed by atoms with E-state index in [0.29, 0.717) is 6.54 Å². The van der Waals surface area contributed by atoms with Crippen LogP contribution in [0.4, 0.5) is 5.69 Å². The first kappa shape index (κ1) is 13.0. The van der Waals surface area contributed by atoms with Gasteiger partial charge < -0.3 is 10.0 Å². The molecule has 0 fully saturated rings. The molecule has 0 aromatic heterocycles. The second-order valence-corrected chi connectivity index (χ2v) is 5.23. The summed E-state index contributed by atoms with van der Waals surface area (Å²) < 4.78 is 25.1. The van der Waals surface area contributed by atoms with Gasteiger partial charge >= 0.3 is 0 Å². The fraction of sp³-hybridized carbons (Fsp3) is 0.400. The first-order valence-corrected chi connectivity index (χ1v) is 6.35. The monoisotopic (exact) mass is 244 g/mol. The number of sulfonamides is 1. The highest BCUT2D eigenvalue weighted by molar-refractivity contribution is 7.89. The average Bonchev–Trinajstić information content (AvgIpc) is 2.29. The number of rotatable bonds is 5. The summed E-state index contributed by atoms with van der Waals surface area (Å²) in [7, 11) is -0.164. The maximum Gasteiger partial charge on any atom is 0.240 e. The Morgan fingerprint density at radius 1 is 1.31 bits per heavy atom. The molecule has 5 nitrogen and oxygen atoms in total. The number of aliphatic hydroxyl groups is 1. The lowest BCUT2D eigenvalue weighted by Gasteiger charge is -2.17. The minimum Gasteiger partial charge on any atom is -0.395 e. The lowest BCUT2D eigenvalue weighted by Crippen LogP contribution is -2.21. The van der Waals surface area contributed by atoms with E-state index in [0.717, 1.165) is 5.69 Å². The van der Waals surface area contributed by atoms with Gasteiger partial charge in [0.15, 0.2) is 0 Å². The van der Waals surface area contributed by atoms with Crippen molar-refractivity contribution in [1.29, 1.82) is 0 Å². The van der Waals surface area contributed by atoms with Gasteiger partial charge in [-0.25, -0.2) is 13.1 Å². The molecular formula is C10H16N2O3S. The summed E-state index contributed by atoms with van der Waals surface area (Å²) in [6.45, 7) is 0.575. The van der Waals surface area contributed by atoms with Crippen molar-refractivity contribution in [1.82, 2.24) is 4.72 Å². The standard InChI is InChI=1S/C10H16N2O3S/c1-11-16(14,15)10-5-3-9(4-6-10)12(2)7-8-13/h3-6,11,13H,7-8H2,1-2H3. The van der Waals surface area contributed by atoms with Gasteiger partial charge in [-0.05, 0) is 31.3 Å². The van der Waals surface area contributed by atoms with Crippen LogP contribution in [0, 0.1) is 0 Å². The van der Waals surface area contributed by atoms with E-state index >= 15 is 0 Å². The van der Waals surface area contributed by atoms with Crippen molar-refractivity contribution >= 4 is 15.7 Å². The van der Waals surface area contributed by atoms with Crippen LogP contribution in [0.1, 0.15) is 0 Å². The summed E-state index contributed by atoms with van der Waals surface area (Å²) in [5, 5.41) is 8.77. The number of anilines is 1. The number of benzene rings is 1. The Kier molecular flexibility index (Phi) is 4.28. The zero-order valence-corrected chi connectivity index (χ0v) is 10.2. The molecule has 0 aliphatic heterocycles. The topological polar surface area (TPSA) is 69.6 Å². The Balaban J connectivity index is 2.91. The van der Waals surface area contributed by atoms with Crippen molar-refractivity contribution < 1.29 is 13.5 Å². The average molecular weight is 244 g/mol. The van der Waals surface area contributed by atoms with Gasteiger partial charge in [0.1, 0.15) is 0 Å². The van der Waals surface area contributed by atoms with Crippen LogP contribution in [0.15, 0.2) is 29.2 Å². The number of aliphatic hydroxyl groups excluding tert-OH is 1. The van der Waals surface area contributed by atoms with Gasteiger partial charge in [-0.3, -0.25) is 0 Å². The summed E-state index contributed by atoms with van der Waals surface area (Å²) in [4.78, 5) is 2.08. The molecule has 0 bridgehead atoms. The molecule has 0 heterocycles. The molecule has 2 N–H and O–H groups in total. The van der Waals surface area contributed by atoms with E-state index in [1.807, 2.05) is 11.9 Å². The molecular weight excluding hydrogens is 228 g/mol. The molecule has 1 rings (SSSR count). The van der Waals surface area contributed by atoms with Gasteiger partial charge in [0.25, 0.3) is 0 Å². The van der Waals surface area contributed by atoms with Crippen molar-refractivity contribution in [3.8, 4) is 0 Å². The molecule has 0 aliphatic carbocycles. The van der Waals surface area contributed by atoms with Gasteiger partial charge in [-0.15, -0.1) is 0 Å². The second-order valence-electron chi connectivity index (χ2n) is 3.35. The van der Waals surface area contributed by atoms with E-state index in [1.165, 1.54) is 19.2 Å². The maximum atomic E-state index is 11.4. The third kappa shape index (κ3) is 2.94. The SMILES string of the molecule is CNS(=O)(=O)c1ccc(N(C)CCO)cc1. The smallest absolute Gasteiger partial charge is 0.240 e. The first-order chi connectivity index (χ1) is 7.51. The van der Waals surface area contributed by atoms with Crippen LogP contribution in [0.5, 0.6) is 0 Å². The fourth-order valence-electron chi connectivity index (χ4n) is 1.28. The quantitative estimate of drug-likeness (QED) is 0.766. The Bertz CT molecular complexity index is 428. The highest BCUT2D eigenvalue weighted by Gasteiger charge is 2.10. The maximum absolute atomic E-state index is 11.4. The number of hydrogen-bond donors (Lipinski definition) is 2. The van der Waals surface area contributed by atoms with Crippen LogP contribution in [0.3, 0.4) is 0 Å². The molecule has 0 radical (unpaired) electrons. The summed E-state index contributed by atoms with van der Waals surface area (Å²) in [5.74, 6) is 0. The van der Waals surface area contributed by atoms with Crippen LogP contribution < -0.4 is 9.62 Å². The Morgan fingerprint density at radius 2 is 1.88 bits per heavy atom. The van der Waals surface area contributed by atoms with E-state index in [4.69, 9.17) is 5.11 Å². The van der Waals surface area contributed by atoms with E-state index in [2.05, 4.69) is 4.72 Å². The molecule has 1 aromatic rings. The highest BCUT2D eigenvalue weighted by atomic mass is 32.2. The van der Waals surface area contributed by atoms with Crippen molar-refractivity contribution in [2.45, 2.75) is 4.90 Å². The second kappa shape index (κ2) is 5.29. The summed E-state index contributed by atoms with van der Waals surface area (Å²) in [6, 6.07) is 6.49. The third-order valence-corrected chi connectivity index (χ3v) is 3.72. The zero-order valence-electron chi connectivity index (χ0n) is 9.34. The molecule has 0 saturated carbocycles. The minimum atomic E-state index is -3.37. The van der Waals surface area contributed by atoms with Gasteiger partial charge in [0.2, 0.25) is 10.0 Å². The number of nitrogens with one attached hydrogen (secondary N) is 1. The number of likely N-dealkylation sites (N-methyl/N-ethyl adjacent to an activating group) is 1. The van der Waals surface area contributed by atoms with Crippen LogP contribution in [-0.2, 0) is 10.0 Å². The molecule has 0 unspecified atom stereocenters. The van der Waals surface area contributed by atoms with Crippen LogP contribution >= 0.6 is 0 Å². The number of hydrogen-bond acceptors (Lipinski definition) is 4. The van der Waals surface area contributed by atoms with E-state index < -0.39 is 10.0 Å². The molecule has 0 aliphatic rings. The largest absolute Gasteiger partial charge is 0.395 e. The Labute approximate surface area is 95.8 Å². The van der Waals surface area contributed by atoms with E-state index in [-0.39, 0.29) is 11.5 Å². The lowest BCUT2D eigenvalue weighted by atomic mass is 10.3.